The van der Waals surface area contributed by atoms with Crippen LogP contribution in [0, 0.1) is 0 Å². The Kier molecular flexibility index (Phi) is 6.93. The van der Waals surface area contributed by atoms with Crippen LogP contribution in [-0.4, -0.2) is 34.3 Å². The van der Waals surface area contributed by atoms with Gasteiger partial charge >= 0.3 is 0 Å². The van der Waals surface area contributed by atoms with E-state index in [-0.39, 0.29) is 17.9 Å². The number of hydrogen-bond donors (Lipinski definition) is 1. The standard InChI is InChI=1S/C21H27NO5/c1-13(15-7-9-17(24-3)19(11-15)26-5)21(23)22-14(2)16-8-10-18(25-4)20(12-16)27-6/h7-14H,1-6H3,(H,22,23). The van der Waals surface area contributed by atoms with E-state index in [0.717, 1.165) is 11.1 Å². The highest BCUT2D eigenvalue weighted by Crippen LogP contribution is 2.32. The zero-order valence-electron chi connectivity index (χ0n) is 16.7. The van der Waals surface area contributed by atoms with Crippen molar-refractivity contribution >= 4 is 5.91 Å². The Labute approximate surface area is 160 Å². The zero-order valence-corrected chi connectivity index (χ0v) is 16.7. The Morgan fingerprint density at radius 2 is 1.19 bits per heavy atom. The molecule has 0 saturated carbocycles. The number of carbonyl (C=O) groups is 1. The van der Waals surface area contributed by atoms with Crippen molar-refractivity contribution in [2.24, 2.45) is 0 Å². The molecule has 27 heavy (non-hydrogen) atoms. The zero-order chi connectivity index (χ0) is 20.0. The van der Waals surface area contributed by atoms with Crippen LogP contribution in [0.1, 0.15) is 36.9 Å². The summed E-state index contributed by atoms with van der Waals surface area (Å²) in [5, 5.41) is 3.04. The van der Waals surface area contributed by atoms with Gasteiger partial charge in [0.2, 0.25) is 5.91 Å². The molecule has 2 atom stereocenters. The van der Waals surface area contributed by atoms with Crippen molar-refractivity contribution in [1.82, 2.24) is 5.32 Å². The van der Waals surface area contributed by atoms with Crippen LogP contribution in [0.5, 0.6) is 23.0 Å². The molecule has 2 rings (SSSR count). The summed E-state index contributed by atoms with van der Waals surface area (Å²) in [4.78, 5) is 12.7. The highest BCUT2D eigenvalue weighted by Gasteiger charge is 2.20. The van der Waals surface area contributed by atoms with Crippen molar-refractivity contribution < 1.29 is 23.7 Å². The second-order valence-electron chi connectivity index (χ2n) is 6.18. The third-order valence-electron chi connectivity index (χ3n) is 4.57. The molecule has 1 amide bonds. The smallest absolute Gasteiger partial charge is 0.227 e. The van der Waals surface area contributed by atoms with E-state index in [1.165, 1.54) is 0 Å². The molecule has 6 heteroatoms. The Morgan fingerprint density at radius 1 is 0.741 bits per heavy atom. The molecule has 0 saturated heterocycles. The van der Waals surface area contributed by atoms with Crippen LogP contribution < -0.4 is 24.3 Å². The van der Waals surface area contributed by atoms with Gasteiger partial charge in [-0.2, -0.15) is 0 Å². The van der Waals surface area contributed by atoms with Gasteiger partial charge in [-0.3, -0.25) is 4.79 Å². The number of amides is 1. The minimum Gasteiger partial charge on any atom is -0.493 e. The SMILES string of the molecule is COc1ccc(C(C)NC(=O)C(C)c2ccc(OC)c(OC)c2)cc1OC. The molecule has 0 aliphatic heterocycles. The maximum absolute atomic E-state index is 12.7. The molecule has 0 fully saturated rings. The van der Waals surface area contributed by atoms with E-state index in [4.69, 9.17) is 18.9 Å². The monoisotopic (exact) mass is 373 g/mol. The molecule has 0 bridgehead atoms. The maximum Gasteiger partial charge on any atom is 0.227 e. The van der Waals surface area contributed by atoms with Crippen molar-refractivity contribution in [3.05, 3.63) is 47.5 Å². The van der Waals surface area contributed by atoms with E-state index in [2.05, 4.69) is 5.32 Å². The molecule has 6 nitrogen and oxygen atoms in total. The van der Waals surface area contributed by atoms with Crippen LogP contribution in [0.4, 0.5) is 0 Å². The van der Waals surface area contributed by atoms with Crippen molar-refractivity contribution in [1.29, 1.82) is 0 Å². The average Bonchev–Trinajstić information content (AvgIpc) is 2.71. The lowest BCUT2D eigenvalue weighted by Crippen LogP contribution is -2.30. The van der Waals surface area contributed by atoms with Gasteiger partial charge in [0.1, 0.15) is 0 Å². The minimum atomic E-state index is -0.340. The number of rotatable bonds is 8. The van der Waals surface area contributed by atoms with Crippen LogP contribution in [0.3, 0.4) is 0 Å². The molecule has 0 aliphatic rings. The molecule has 0 aromatic heterocycles. The van der Waals surface area contributed by atoms with Crippen molar-refractivity contribution in [3.63, 3.8) is 0 Å². The Hall–Kier alpha value is -2.89. The summed E-state index contributed by atoms with van der Waals surface area (Å²) >= 11 is 0. The minimum absolute atomic E-state index is 0.0792. The molecule has 0 aliphatic carbocycles. The molecule has 0 spiro atoms. The third kappa shape index (κ3) is 4.64. The number of carbonyl (C=O) groups excluding carboxylic acids is 1. The van der Waals surface area contributed by atoms with E-state index in [1.54, 1.807) is 34.5 Å². The lowest BCUT2D eigenvalue weighted by atomic mass is 9.98. The van der Waals surface area contributed by atoms with E-state index in [1.807, 2.05) is 44.2 Å². The predicted octanol–water partition coefficient (Wildman–Crippen LogP) is 3.70. The molecule has 2 aromatic carbocycles. The maximum atomic E-state index is 12.7. The fourth-order valence-electron chi connectivity index (χ4n) is 2.82. The molecule has 146 valence electrons. The summed E-state index contributed by atoms with van der Waals surface area (Å²) in [6.45, 7) is 3.79. The van der Waals surface area contributed by atoms with E-state index < -0.39 is 0 Å². The van der Waals surface area contributed by atoms with Crippen LogP contribution in [-0.2, 0) is 4.79 Å². The molecule has 2 unspecified atom stereocenters. The Bertz CT molecular complexity index is 790. The highest BCUT2D eigenvalue weighted by atomic mass is 16.5. The van der Waals surface area contributed by atoms with Crippen molar-refractivity contribution in [2.45, 2.75) is 25.8 Å². The van der Waals surface area contributed by atoms with Gasteiger partial charge in [-0.1, -0.05) is 12.1 Å². The summed E-state index contributed by atoms with van der Waals surface area (Å²) in [6, 6.07) is 10.9. The summed E-state index contributed by atoms with van der Waals surface area (Å²) in [7, 11) is 6.33. The van der Waals surface area contributed by atoms with Crippen LogP contribution in [0.2, 0.25) is 0 Å². The van der Waals surface area contributed by atoms with Gasteiger partial charge in [-0.25, -0.2) is 0 Å². The first-order valence-electron chi connectivity index (χ1n) is 8.69. The lowest BCUT2D eigenvalue weighted by molar-refractivity contribution is -0.122. The normalized spacial score (nSPS) is 12.7. The summed E-state index contributed by atoms with van der Waals surface area (Å²) in [6.07, 6.45) is 0. The first-order valence-corrected chi connectivity index (χ1v) is 8.69. The summed E-state index contributed by atoms with van der Waals surface area (Å²) < 4.78 is 21.2. The largest absolute Gasteiger partial charge is 0.493 e. The van der Waals surface area contributed by atoms with Gasteiger partial charge < -0.3 is 24.3 Å². The van der Waals surface area contributed by atoms with Crippen LogP contribution in [0.15, 0.2) is 36.4 Å². The van der Waals surface area contributed by atoms with E-state index in [9.17, 15) is 4.79 Å². The Morgan fingerprint density at radius 3 is 1.67 bits per heavy atom. The molecule has 0 radical (unpaired) electrons. The van der Waals surface area contributed by atoms with Gasteiger partial charge in [0.25, 0.3) is 0 Å². The lowest BCUT2D eigenvalue weighted by Gasteiger charge is -2.20. The van der Waals surface area contributed by atoms with Gasteiger partial charge in [-0.05, 0) is 49.2 Å². The molecule has 1 N–H and O–H groups in total. The van der Waals surface area contributed by atoms with E-state index in [0.29, 0.717) is 23.0 Å². The second-order valence-corrected chi connectivity index (χ2v) is 6.18. The quantitative estimate of drug-likeness (QED) is 0.764. The highest BCUT2D eigenvalue weighted by molar-refractivity contribution is 5.83. The summed E-state index contributed by atoms with van der Waals surface area (Å²) in [5.74, 6) is 2.09. The molecule has 2 aromatic rings. The van der Waals surface area contributed by atoms with Gasteiger partial charge in [0, 0.05) is 0 Å². The third-order valence-corrected chi connectivity index (χ3v) is 4.57. The number of nitrogens with one attached hydrogen (secondary N) is 1. The van der Waals surface area contributed by atoms with Gasteiger partial charge in [-0.15, -0.1) is 0 Å². The number of methoxy groups -OCH3 is 4. The molecular weight excluding hydrogens is 346 g/mol. The summed E-state index contributed by atoms with van der Waals surface area (Å²) in [5.41, 5.74) is 1.78. The number of ether oxygens (including phenoxy) is 4. The average molecular weight is 373 g/mol. The number of hydrogen-bond acceptors (Lipinski definition) is 5. The topological polar surface area (TPSA) is 66.0 Å². The fraction of sp³-hybridized carbons (Fsp3) is 0.381. The number of benzene rings is 2. The van der Waals surface area contributed by atoms with Crippen molar-refractivity contribution in [2.75, 3.05) is 28.4 Å². The first-order chi connectivity index (χ1) is 12.9. The predicted molar refractivity (Wildman–Crippen MR) is 104 cm³/mol. The van der Waals surface area contributed by atoms with Crippen LogP contribution >= 0.6 is 0 Å². The molecular formula is C21H27NO5. The van der Waals surface area contributed by atoms with Crippen molar-refractivity contribution in [3.8, 4) is 23.0 Å². The second kappa shape index (κ2) is 9.16. The van der Waals surface area contributed by atoms with Gasteiger partial charge in [0.05, 0.1) is 40.4 Å². The first kappa shape index (κ1) is 20.4. The fourth-order valence-corrected chi connectivity index (χ4v) is 2.82. The van der Waals surface area contributed by atoms with E-state index >= 15 is 0 Å². The van der Waals surface area contributed by atoms with Crippen LogP contribution in [0.25, 0.3) is 0 Å². The molecule has 0 heterocycles. The van der Waals surface area contributed by atoms with Gasteiger partial charge in [0.15, 0.2) is 23.0 Å². The Balaban J connectivity index is 2.14.